The molecule has 3 nitrogen and oxygen atoms in total. The molecule has 0 atom stereocenters. The van der Waals surface area contributed by atoms with Crippen LogP contribution >= 0.6 is 34.8 Å². The summed E-state index contributed by atoms with van der Waals surface area (Å²) in [5.41, 5.74) is 0.844. The normalized spacial score (nSPS) is 10.7. The third kappa shape index (κ3) is 2.40. The van der Waals surface area contributed by atoms with Crippen LogP contribution in [0, 0.1) is 0 Å². The monoisotopic (exact) mass is 303 g/mol. The molecule has 2 N–H and O–H groups in total. The zero-order valence-electron chi connectivity index (χ0n) is 9.01. The van der Waals surface area contributed by atoms with E-state index in [1.165, 1.54) is 12.3 Å². The number of rotatable bonds is 2. The Kier molecular flexibility index (Phi) is 3.97. The quantitative estimate of drug-likeness (QED) is 0.834. The van der Waals surface area contributed by atoms with Gasteiger partial charge in [-0.3, -0.25) is 4.79 Å². The maximum atomic E-state index is 11.8. The van der Waals surface area contributed by atoms with Crippen LogP contribution in [0.15, 0.2) is 29.2 Å². The van der Waals surface area contributed by atoms with Gasteiger partial charge in [-0.2, -0.15) is 0 Å². The number of hydrogen-bond donors (Lipinski definition) is 2. The standard InChI is InChI=1S/C12H8Cl3NO2/c13-8-1-2-9(14)11(15)10(8)7-3-6(5-17)4-16-12(7)18/h1-4,17H,5H2,(H,16,18). The lowest BCUT2D eigenvalue weighted by atomic mass is 10.1. The van der Waals surface area contributed by atoms with Crippen LogP contribution in [-0.4, -0.2) is 10.1 Å². The number of H-pyrrole nitrogens is 1. The first-order chi connectivity index (χ1) is 8.54. The second-order valence-electron chi connectivity index (χ2n) is 3.63. The van der Waals surface area contributed by atoms with Gasteiger partial charge in [-0.15, -0.1) is 0 Å². The van der Waals surface area contributed by atoms with E-state index >= 15 is 0 Å². The minimum atomic E-state index is -0.349. The number of aliphatic hydroxyl groups excluding tert-OH is 1. The third-order valence-corrected chi connectivity index (χ3v) is 3.58. The summed E-state index contributed by atoms with van der Waals surface area (Å²) in [6.07, 6.45) is 1.43. The number of pyridine rings is 1. The van der Waals surface area contributed by atoms with Crippen molar-refractivity contribution in [2.75, 3.05) is 0 Å². The number of aromatic amines is 1. The van der Waals surface area contributed by atoms with Crippen LogP contribution in [0.1, 0.15) is 5.56 Å². The Hall–Kier alpha value is -1.000. The topological polar surface area (TPSA) is 53.1 Å². The van der Waals surface area contributed by atoms with Crippen LogP contribution in [0.25, 0.3) is 11.1 Å². The number of aliphatic hydroxyl groups is 1. The van der Waals surface area contributed by atoms with Crippen molar-refractivity contribution in [3.8, 4) is 11.1 Å². The summed E-state index contributed by atoms with van der Waals surface area (Å²) >= 11 is 18.0. The molecule has 0 unspecified atom stereocenters. The Morgan fingerprint density at radius 3 is 2.50 bits per heavy atom. The van der Waals surface area contributed by atoms with E-state index in [9.17, 15) is 4.79 Å². The molecule has 0 aliphatic heterocycles. The van der Waals surface area contributed by atoms with E-state index in [1.807, 2.05) is 0 Å². The lowest BCUT2D eigenvalue weighted by molar-refractivity contribution is 0.281. The maximum Gasteiger partial charge on any atom is 0.255 e. The van der Waals surface area contributed by atoms with Crippen LogP contribution in [0.3, 0.4) is 0 Å². The molecule has 2 aromatic rings. The van der Waals surface area contributed by atoms with Crippen molar-refractivity contribution in [2.45, 2.75) is 6.61 Å². The van der Waals surface area contributed by atoms with Crippen LogP contribution in [0.2, 0.25) is 15.1 Å². The predicted octanol–water partition coefficient (Wildman–Crippen LogP) is 3.49. The van der Waals surface area contributed by atoms with Crippen molar-refractivity contribution in [3.63, 3.8) is 0 Å². The molecule has 0 saturated carbocycles. The SMILES string of the molecule is O=c1[nH]cc(CO)cc1-c1c(Cl)ccc(Cl)c1Cl. The van der Waals surface area contributed by atoms with Gasteiger partial charge in [-0.1, -0.05) is 34.8 Å². The molecule has 0 saturated heterocycles. The molecule has 94 valence electrons. The Labute approximate surface area is 118 Å². The Morgan fingerprint density at radius 1 is 1.17 bits per heavy atom. The molecule has 1 heterocycles. The number of benzene rings is 1. The minimum Gasteiger partial charge on any atom is -0.392 e. The van der Waals surface area contributed by atoms with Crippen LogP contribution < -0.4 is 5.56 Å². The van der Waals surface area contributed by atoms with Crippen molar-refractivity contribution in [2.24, 2.45) is 0 Å². The molecule has 0 aliphatic carbocycles. The van der Waals surface area contributed by atoms with Crippen molar-refractivity contribution in [1.82, 2.24) is 4.98 Å². The molecule has 0 aliphatic rings. The van der Waals surface area contributed by atoms with Gasteiger partial charge in [0.25, 0.3) is 5.56 Å². The van der Waals surface area contributed by atoms with Gasteiger partial charge in [0.1, 0.15) is 0 Å². The van der Waals surface area contributed by atoms with Gasteiger partial charge in [0, 0.05) is 11.8 Å². The molecule has 0 radical (unpaired) electrons. The molecule has 0 spiro atoms. The van der Waals surface area contributed by atoms with Crippen molar-refractivity contribution < 1.29 is 5.11 Å². The molecule has 0 amide bonds. The highest BCUT2D eigenvalue weighted by molar-refractivity contribution is 6.46. The van der Waals surface area contributed by atoms with E-state index in [2.05, 4.69) is 4.98 Å². The molecule has 6 heteroatoms. The Balaban J connectivity index is 2.76. The average Bonchev–Trinajstić information content (AvgIpc) is 2.36. The van der Waals surface area contributed by atoms with E-state index < -0.39 is 0 Å². The van der Waals surface area contributed by atoms with Gasteiger partial charge in [-0.25, -0.2) is 0 Å². The summed E-state index contributed by atoms with van der Waals surface area (Å²) < 4.78 is 0. The van der Waals surface area contributed by atoms with E-state index in [0.717, 1.165) is 0 Å². The summed E-state index contributed by atoms with van der Waals surface area (Å²) in [4.78, 5) is 14.3. The predicted molar refractivity (Wildman–Crippen MR) is 73.5 cm³/mol. The fourth-order valence-corrected chi connectivity index (χ4v) is 2.31. The fourth-order valence-electron chi connectivity index (χ4n) is 1.58. The van der Waals surface area contributed by atoms with Gasteiger partial charge in [0.2, 0.25) is 0 Å². The highest BCUT2D eigenvalue weighted by Crippen LogP contribution is 2.37. The summed E-state index contributed by atoms with van der Waals surface area (Å²) in [5.74, 6) is 0. The number of nitrogens with one attached hydrogen (secondary N) is 1. The van der Waals surface area contributed by atoms with E-state index in [0.29, 0.717) is 21.2 Å². The van der Waals surface area contributed by atoms with Crippen molar-refractivity contribution in [1.29, 1.82) is 0 Å². The molecule has 0 bridgehead atoms. The molecule has 1 aromatic carbocycles. The third-order valence-electron chi connectivity index (χ3n) is 2.46. The lowest BCUT2D eigenvalue weighted by Crippen LogP contribution is -2.09. The van der Waals surface area contributed by atoms with Crippen molar-refractivity contribution >= 4 is 34.8 Å². The first-order valence-corrected chi connectivity index (χ1v) is 6.14. The number of halogens is 3. The summed E-state index contributed by atoms with van der Waals surface area (Å²) in [6.45, 7) is -0.195. The van der Waals surface area contributed by atoms with E-state index in [4.69, 9.17) is 39.9 Å². The molecule has 18 heavy (non-hydrogen) atoms. The summed E-state index contributed by atoms with van der Waals surface area (Å²) in [7, 11) is 0. The highest BCUT2D eigenvalue weighted by Gasteiger charge is 2.15. The number of aromatic nitrogens is 1. The largest absolute Gasteiger partial charge is 0.392 e. The fraction of sp³-hybridized carbons (Fsp3) is 0.0833. The van der Waals surface area contributed by atoms with Crippen LogP contribution in [0.5, 0.6) is 0 Å². The molecular weight excluding hydrogens is 296 g/mol. The average molecular weight is 305 g/mol. The van der Waals surface area contributed by atoms with Crippen molar-refractivity contribution in [3.05, 3.63) is 55.4 Å². The lowest BCUT2D eigenvalue weighted by Gasteiger charge is -2.08. The van der Waals surface area contributed by atoms with E-state index in [-0.39, 0.29) is 22.8 Å². The van der Waals surface area contributed by atoms with Gasteiger partial charge in [0.15, 0.2) is 0 Å². The molecular formula is C12H8Cl3NO2. The second-order valence-corrected chi connectivity index (χ2v) is 4.82. The first-order valence-electron chi connectivity index (χ1n) is 5.01. The van der Waals surface area contributed by atoms with Gasteiger partial charge < -0.3 is 10.1 Å². The number of hydrogen-bond acceptors (Lipinski definition) is 2. The Morgan fingerprint density at radius 2 is 1.83 bits per heavy atom. The molecule has 2 rings (SSSR count). The van der Waals surface area contributed by atoms with Crippen LogP contribution in [0.4, 0.5) is 0 Å². The Bertz CT molecular complexity index is 652. The van der Waals surface area contributed by atoms with Gasteiger partial charge in [0.05, 0.1) is 27.2 Å². The van der Waals surface area contributed by atoms with E-state index in [1.54, 1.807) is 12.1 Å². The summed E-state index contributed by atoms with van der Waals surface area (Å²) in [6, 6.07) is 4.65. The highest BCUT2D eigenvalue weighted by atomic mass is 35.5. The van der Waals surface area contributed by atoms with Gasteiger partial charge >= 0.3 is 0 Å². The zero-order chi connectivity index (χ0) is 13.3. The van der Waals surface area contributed by atoms with Crippen LogP contribution in [-0.2, 0) is 6.61 Å². The second kappa shape index (κ2) is 5.33. The minimum absolute atomic E-state index is 0.195. The zero-order valence-corrected chi connectivity index (χ0v) is 11.3. The molecule has 0 fully saturated rings. The smallest absolute Gasteiger partial charge is 0.255 e. The first kappa shape index (κ1) is 13.4. The molecule has 1 aromatic heterocycles. The summed E-state index contributed by atoms with van der Waals surface area (Å²) in [5, 5.41) is 9.93. The van der Waals surface area contributed by atoms with Gasteiger partial charge in [-0.05, 0) is 23.8 Å². The maximum absolute atomic E-state index is 11.8.